The number of nitrogens with zero attached hydrogens (tertiary/aromatic N) is 2. The van der Waals surface area contributed by atoms with E-state index in [4.69, 9.17) is 18.8 Å². The number of halogens is 1. The van der Waals surface area contributed by atoms with Crippen molar-refractivity contribution in [2.24, 2.45) is 5.73 Å². The number of hydrogen-bond acceptors (Lipinski definition) is 4. The molecule has 3 N–H and O–H groups in total. The van der Waals surface area contributed by atoms with E-state index in [1.165, 1.54) is 6.07 Å². The SMILES string of the molecule is [2H]Oc1cc(Cl)nnc1C(N)=O. The van der Waals surface area contributed by atoms with Gasteiger partial charge in [-0.05, 0) is 0 Å². The van der Waals surface area contributed by atoms with Crippen LogP contribution in [0.15, 0.2) is 6.07 Å². The number of nitrogens with two attached hydrogens (primary N) is 1. The average Bonchev–Trinajstić information content (AvgIpc) is 2.03. The molecule has 1 heterocycles. The second kappa shape index (κ2) is 2.71. The van der Waals surface area contributed by atoms with Crippen LogP contribution in [0.4, 0.5) is 0 Å². The summed E-state index contributed by atoms with van der Waals surface area (Å²) >= 11 is 5.41. The van der Waals surface area contributed by atoms with Crippen molar-refractivity contribution in [3.63, 3.8) is 0 Å². The van der Waals surface area contributed by atoms with E-state index in [1.807, 2.05) is 0 Å². The molecule has 0 radical (unpaired) electrons. The van der Waals surface area contributed by atoms with Gasteiger partial charge in [-0.1, -0.05) is 11.6 Å². The quantitative estimate of drug-likeness (QED) is 0.657. The third-order valence-electron chi connectivity index (χ3n) is 0.963. The van der Waals surface area contributed by atoms with Gasteiger partial charge in [0.25, 0.3) is 7.34 Å². The zero-order valence-corrected chi connectivity index (χ0v) is 6.00. The predicted molar refractivity (Wildman–Crippen MR) is 37.2 cm³/mol. The first-order valence-electron chi connectivity index (χ1n) is 3.02. The summed E-state index contributed by atoms with van der Waals surface area (Å²) in [5.74, 6) is -0.927. The van der Waals surface area contributed by atoms with Gasteiger partial charge in [0.15, 0.2) is 16.6 Å². The molecule has 1 rings (SSSR count). The summed E-state index contributed by atoms with van der Waals surface area (Å²) in [7, 11) is 0. The smallest absolute Gasteiger partial charge is 0.293 e. The Bertz CT molecular complexity index is 320. The lowest BCUT2D eigenvalue weighted by molar-refractivity contribution is 0.0991. The normalized spacial score (nSPS) is 10.5. The summed E-state index contributed by atoms with van der Waals surface area (Å²) in [6, 6.07) is 1.18. The molecule has 0 spiro atoms. The van der Waals surface area contributed by atoms with Crippen LogP contribution < -0.4 is 5.73 Å². The molecule has 0 unspecified atom stereocenters. The van der Waals surface area contributed by atoms with Gasteiger partial charge in [-0.2, -0.15) is 0 Å². The lowest BCUT2D eigenvalue weighted by Crippen LogP contribution is -2.13. The van der Waals surface area contributed by atoms with Crippen LogP contribution in [0, 0.1) is 0 Å². The molecule has 58 valence electrons. The van der Waals surface area contributed by atoms with Crippen LogP contribution in [0.5, 0.6) is 5.75 Å². The molecule has 0 aromatic carbocycles. The zero-order chi connectivity index (χ0) is 9.14. The van der Waals surface area contributed by atoms with Crippen LogP contribution in [0.1, 0.15) is 10.5 Å². The fraction of sp³-hybridized carbons (Fsp3) is 0. The van der Waals surface area contributed by atoms with Crippen LogP contribution in [0.2, 0.25) is 5.15 Å². The van der Waals surface area contributed by atoms with Gasteiger partial charge in [0, 0.05) is 6.07 Å². The highest BCUT2D eigenvalue weighted by molar-refractivity contribution is 6.29. The van der Waals surface area contributed by atoms with Crippen molar-refractivity contribution >= 4 is 17.5 Å². The van der Waals surface area contributed by atoms with Gasteiger partial charge in [0.1, 0.15) is 0 Å². The Kier molecular flexibility index (Phi) is 1.57. The molecule has 0 atom stereocenters. The summed E-state index contributed by atoms with van der Waals surface area (Å²) in [5.41, 5.74) is 4.68. The lowest BCUT2D eigenvalue weighted by Gasteiger charge is -1.96. The first kappa shape index (κ1) is 6.36. The van der Waals surface area contributed by atoms with Crippen LogP contribution >= 0.6 is 11.6 Å². The highest BCUT2D eigenvalue weighted by Gasteiger charge is 2.09. The number of aromatic hydroxyl groups is 1. The first-order chi connectivity index (χ1) is 5.65. The minimum absolute atomic E-state index is 0.0299. The minimum atomic E-state index is -0.818. The van der Waals surface area contributed by atoms with Gasteiger partial charge in [-0.3, -0.25) is 4.79 Å². The zero-order valence-electron chi connectivity index (χ0n) is 6.24. The summed E-state index contributed by atoms with van der Waals surface area (Å²) in [6.45, 7) is 0. The Labute approximate surface area is 68.3 Å². The van der Waals surface area contributed by atoms with E-state index in [0.717, 1.165) is 0 Å². The minimum Gasteiger partial charge on any atom is -0.505 e. The topological polar surface area (TPSA) is 89.1 Å². The van der Waals surface area contributed by atoms with E-state index in [-0.39, 0.29) is 16.6 Å². The second-order valence-electron chi connectivity index (χ2n) is 1.74. The number of carbonyl (C=O) groups is 1. The highest BCUT2D eigenvalue weighted by Crippen LogP contribution is 2.15. The summed E-state index contributed by atoms with van der Waals surface area (Å²) in [6.07, 6.45) is 0. The van der Waals surface area contributed by atoms with Crippen molar-refractivity contribution in [3.8, 4) is 5.75 Å². The van der Waals surface area contributed by atoms with E-state index < -0.39 is 5.91 Å². The Hall–Kier alpha value is -1.36. The van der Waals surface area contributed by atoms with E-state index in [1.54, 1.807) is 0 Å². The molecule has 6 heteroatoms. The Morgan fingerprint density at radius 1 is 1.82 bits per heavy atom. The molecule has 0 aliphatic rings. The molecular weight excluding hydrogens is 170 g/mol. The maximum Gasteiger partial charge on any atom is 0.293 e. The number of aromatic nitrogens is 2. The highest BCUT2D eigenvalue weighted by atomic mass is 35.5. The summed E-state index contributed by atoms with van der Waals surface area (Å²) in [5, 5.41) is 10.8. The molecule has 0 aliphatic heterocycles. The number of primary amides is 1. The second-order valence-corrected chi connectivity index (χ2v) is 2.13. The maximum atomic E-state index is 10.6. The van der Waals surface area contributed by atoms with Crippen LogP contribution in [0.25, 0.3) is 0 Å². The Balaban J connectivity index is 3.20. The van der Waals surface area contributed by atoms with Crippen LogP contribution in [0.3, 0.4) is 0 Å². The number of amides is 1. The number of carbonyl (C=O) groups excluding carboxylic acids is 1. The van der Waals surface area contributed by atoms with E-state index >= 15 is 0 Å². The van der Waals surface area contributed by atoms with Crippen LogP contribution in [-0.4, -0.2) is 22.6 Å². The molecule has 11 heavy (non-hydrogen) atoms. The van der Waals surface area contributed by atoms with Crippen molar-refractivity contribution < 1.29 is 9.90 Å². The molecule has 0 saturated carbocycles. The van der Waals surface area contributed by atoms with Gasteiger partial charge in [0.05, 0.1) is 0 Å². The van der Waals surface area contributed by atoms with Gasteiger partial charge in [0.2, 0.25) is 0 Å². The Morgan fingerprint density at radius 3 is 3.09 bits per heavy atom. The fourth-order valence-electron chi connectivity index (χ4n) is 0.523. The molecular formula is C5H4ClN3O2. The molecule has 1 aromatic heterocycles. The van der Waals surface area contributed by atoms with E-state index in [2.05, 4.69) is 15.3 Å². The molecule has 1 amide bonds. The monoisotopic (exact) mass is 174 g/mol. The molecule has 0 bridgehead atoms. The molecule has 5 nitrogen and oxygen atoms in total. The van der Waals surface area contributed by atoms with Crippen molar-refractivity contribution in [2.75, 3.05) is 0 Å². The van der Waals surface area contributed by atoms with E-state index in [0.29, 0.717) is 0 Å². The Morgan fingerprint density at radius 2 is 2.55 bits per heavy atom. The summed E-state index contributed by atoms with van der Waals surface area (Å²) < 4.78 is 6.54. The third-order valence-corrected chi connectivity index (χ3v) is 1.15. The van der Waals surface area contributed by atoms with Gasteiger partial charge < -0.3 is 10.8 Å². The average molecular weight is 175 g/mol. The number of rotatable bonds is 2. The molecule has 0 fully saturated rings. The molecule has 1 aromatic rings. The third kappa shape index (κ3) is 1.56. The van der Waals surface area contributed by atoms with Crippen LogP contribution in [-0.2, 0) is 0 Å². The van der Waals surface area contributed by atoms with Crippen molar-refractivity contribution in [1.29, 1.82) is 1.43 Å². The predicted octanol–water partition coefficient (Wildman–Crippen LogP) is -0.0655. The standard InChI is InChI=1S/C5H4ClN3O2/c6-3-1-2(10)4(5(7)11)9-8-3/h1H,(H2,7,11)(H,8,10)/i/hD. The fourth-order valence-corrected chi connectivity index (χ4v) is 0.660. The van der Waals surface area contributed by atoms with Gasteiger partial charge in [-0.25, -0.2) is 0 Å². The van der Waals surface area contributed by atoms with Gasteiger partial charge >= 0.3 is 0 Å². The summed E-state index contributed by atoms with van der Waals surface area (Å²) in [4.78, 5) is 10.6. The van der Waals surface area contributed by atoms with Crippen molar-refractivity contribution in [2.45, 2.75) is 0 Å². The van der Waals surface area contributed by atoms with Crippen molar-refractivity contribution in [3.05, 3.63) is 16.9 Å². The number of hydrogen-bond donors (Lipinski definition) is 2. The van der Waals surface area contributed by atoms with E-state index in [9.17, 15) is 4.79 Å². The molecule has 0 aliphatic carbocycles. The maximum absolute atomic E-state index is 10.6. The van der Waals surface area contributed by atoms with Gasteiger partial charge in [-0.15, -0.1) is 10.2 Å². The largest absolute Gasteiger partial charge is 0.505 e. The molecule has 0 saturated heterocycles. The lowest BCUT2D eigenvalue weighted by atomic mass is 10.3. The first-order valence-corrected chi connectivity index (χ1v) is 2.99. The van der Waals surface area contributed by atoms with Crippen molar-refractivity contribution in [1.82, 2.24) is 10.2 Å².